The molecule has 2 aromatic rings. The molecule has 0 aliphatic carbocycles. The molecular weight excluding hydrogens is 371 g/mol. The van der Waals surface area contributed by atoms with Crippen LogP contribution in [0.1, 0.15) is 22.3 Å². The summed E-state index contributed by atoms with van der Waals surface area (Å²) in [4.78, 5) is 34.6. The van der Waals surface area contributed by atoms with E-state index in [-0.39, 0.29) is 17.4 Å². The Kier molecular flexibility index (Phi) is 5.59. The minimum absolute atomic E-state index is 0.0720. The molecular formula is C18H17FN4O5. The number of nitro groups is 2. The molecule has 146 valence electrons. The van der Waals surface area contributed by atoms with Crippen molar-refractivity contribution in [2.45, 2.75) is 19.0 Å². The number of nitro benzene ring substituents is 2. The number of halogens is 1. The number of amides is 1. The zero-order valence-electron chi connectivity index (χ0n) is 14.7. The zero-order valence-corrected chi connectivity index (χ0v) is 14.7. The lowest BCUT2D eigenvalue weighted by Crippen LogP contribution is -2.35. The molecule has 3 rings (SSSR count). The lowest BCUT2D eigenvalue weighted by Gasteiger charge is -2.17. The summed E-state index contributed by atoms with van der Waals surface area (Å²) in [5, 5.41) is 25.2. The fourth-order valence-electron chi connectivity index (χ4n) is 3.12. The largest absolute Gasteiger partial charge is 0.337 e. The molecule has 28 heavy (non-hydrogen) atoms. The molecule has 2 aromatic carbocycles. The Balaban J connectivity index is 1.68. The summed E-state index contributed by atoms with van der Waals surface area (Å²) in [5.41, 5.74) is -0.603. The van der Waals surface area contributed by atoms with Crippen LogP contribution in [-0.2, 0) is 6.54 Å². The van der Waals surface area contributed by atoms with Gasteiger partial charge in [0.2, 0.25) is 0 Å². The number of hydrogen-bond donors (Lipinski definition) is 1. The summed E-state index contributed by atoms with van der Waals surface area (Å²) in [6.45, 7) is 1.02. The van der Waals surface area contributed by atoms with Crippen molar-refractivity contribution in [1.29, 1.82) is 0 Å². The van der Waals surface area contributed by atoms with Crippen LogP contribution in [0.3, 0.4) is 0 Å². The molecule has 0 saturated carbocycles. The Hall–Kier alpha value is -3.40. The summed E-state index contributed by atoms with van der Waals surface area (Å²) in [7, 11) is 0. The molecule has 10 heteroatoms. The van der Waals surface area contributed by atoms with Gasteiger partial charge in [-0.25, -0.2) is 4.39 Å². The topological polar surface area (TPSA) is 119 Å². The van der Waals surface area contributed by atoms with Crippen LogP contribution in [0.15, 0.2) is 42.5 Å². The molecule has 9 nitrogen and oxygen atoms in total. The summed E-state index contributed by atoms with van der Waals surface area (Å²) >= 11 is 0. The summed E-state index contributed by atoms with van der Waals surface area (Å²) < 4.78 is 13.7. The quantitative estimate of drug-likeness (QED) is 0.600. The van der Waals surface area contributed by atoms with Crippen molar-refractivity contribution in [2.75, 3.05) is 13.1 Å². The molecule has 0 aromatic heterocycles. The number of likely N-dealkylation sites (tertiary alicyclic amines) is 1. The highest BCUT2D eigenvalue weighted by Gasteiger charge is 2.29. The van der Waals surface area contributed by atoms with Crippen molar-refractivity contribution in [2.24, 2.45) is 0 Å². The number of nitrogens with zero attached hydrogens (tertiary/aromatic N) is 3. The van der Waals surface area contributed by atoms with E-state index in [4.69, 9.17) is 0 Å². The normalized spacial score (nSPS) is 16.2. The monoisotopic (exact) mass is 388 g/mol. The van der Waals surface area contributed by atoms with Crippen LogP contribution in [0.25, 0.3) is 0 Å². The minimum atomic E-state index is -0.771. The van der Waals surface area contributed by atoms with Crippen molar-refractivity contribution in [3.63, 3.8) is 0 Å². The number of nitrogens with one attached hydrogen (secondary N) is 1. The SMILES string of the molecule is O=C(c1cc([N+](=O)[O-])cc([N+](=O)[O-])c1)N1CCC(NCc2ccccc2F)C1. The number of rotatable bonds is 6. The van der Waals surface area contributed by atoms with E-state index in [2.05, 4.69) is 5.32 Å². The third-order valence-corrected chi connectivity index (χ3v) is 4.59. The Bertz CT molecular complexity index is 904. The van der Waals surface area contributed by atoms with Gasteiger partial charge in [0, 0.05) is 43.4 Å². The molecule has 1 heterocycles. The predicted octanol–water partition coefficient (Wildman–Crippen LogP) is 2.65. The third-order valence-electron chi connectivity index (χ3n) is 4.59. The van der Waals surface area contributed by atoms with Crippen LogP contribution >= 0.6 is 0 Å². The lowest BCUT2D eigenvalue weighted by atomic mass is 10.1. The van der Waals surface area contributed by atoms with Gasteiger partial charge in [0.25, 0.3) is 17.3 Å². The van der Waals surface area contributed by atoms with Crippen molar-refractivity contribution in [3.05, 3.63) is 79.6 Å². The van der Waals surface area contributed by atoms with Crippen molar-refractivity contribution < 1.29 is 19.0 Å². The maximum Gasteiger partial charge on any atom is 0.277 e. The van der Waals surface area contributed by atoms with Gasteiger partial charge in [0.05, 0.1) is 21.5 Å². The first-order valence-electron chi connectivity index (χ1n) is 8.55. The first-order valence-corrected chi connectivity index (χ1v) is 8.55. The fourth-order valence-corrected chi connectivity index (χ4v) is 3.12. The van der Waals surface area contributed by atoms with E-state index in [1.807, 2.05) is 0 Å². The highest BCUT2D eigenvalue weighted by molar-refractivity contribution is 5.95. The second-order valence-electron chi connectivity index (χ2n) is 6.46. The van der Waals surface area contributed by atoms with Crippen LogP contribution < -0.4 is 5.32 Å². The van der Waals surface area contributed by atoms with Crippen LogP contribution in [0.2, 0.25) is 0 Å². The molecule has 1 saturated heterocycles. The van der Waals surface area contributed by atoms with Gasteiger partial charge in [0.15, 0.2) is 0 Å². The van der Waals surface area contributed by atoms with Crippen LogP contribution in [-0.4, -0.2) is 39.8 Å². The van der Waals surface area contributed by atoms with Gasteiger partial charge in [-0.1, -0.05) is 18.2 Å². The summed E-state index contributed by atoms with van der Waals surface area (Å²) in [5.74, 6) is -0.827. The van der Waals surface area contributed by atoms with E-state index in [1.165, 1.54) is 11.0 Å². The average Bonchev–Trinajstić information content (AvgIpc) is 3.15. The highest BCUT2D eigenvalue weighted by atomic mass is 19.1. The van der Waals surface area contributed by atoms with Crippen molar-refractivity contribution >= 4 is 17.3 Å². The van der Waals surface area contributed by atoms with Gasteiger partial charge >= 0.3 is 0 Å². The van der Waals surface area contributed by atoms with Crippen LogP contribution in [0.5, 0.6) is 0 Å². The number of hydrogen-bond acceptors (Lipinski definition) is 6. The van der Waals surface area contributed by atoms with E-state index in [1.54, 1.807) is 18.2 Å². The number of non-ortho nitro benzene ring substituents is 2. The summed E-state index contributed by atoms with van der Waals surface area (Å²) in [6.07, 6.45) is 0.622. The van der Waals surface area contributed by atoms with E-state index in [0.29, 0.717) is 31.6 Å². The van der Waals surface area contributed by atoms with Gasteiger partial charge in [-0.3, -0.25) is 25.0 Å². The van der Waals surface area contributed by atoms with E-state index in [0.717, 1.165) is 18.2 Å². The number of benzene rings is 2. The molecule has 1 amide bonds. The number of carbonyl (C=O) groups is 1. The van der Waals surface area contributed by atoms with E-state index < -0.39 is 27.1 Å². The molecule has 1 aliphatic heterocycles. The Labute approximate surface area is 159 Å². The minimum Gasteiger partial charge on any atom is -0.337 e. The molecule has 1 fully saturated rings. The van der Waals surface area contributed by atoms with Gasteiger partial charge in [-0.2, -0.15) is 0 Å². The second-order valence-corrected chi connectivity index (χ2v) is 6.46. The predicted molar refractivity (Wildman–Crippen MR) is 97.3 cm³/mol. The maximum atomic E-state index is 13.7. The zero-order chi connectivity index (χ0) is 20.3. The van der Waals surface area contributed by atoms with Crippen LogP contribution in [0.4, 0.5) is 15.8 Å². The van der Waals surface area contributed by atoms with Gasteiger partial charge in [0.1, 0.15) is 5.82 Å². The Morgan fingerprint density at radius 1 is 1.14 bits per heavy atom. The Morgan fingerprint density at radius 3 is 2.39 bits per heavy atom. The van der Waals surface area contributed by atoms with Gasteiger partial charge < -0.3 is 10.2 Å². The van der Waals surface area contributed by atoms with E-state index in [9.17, 15) is 29.4 Å². The molecule has 1 atom stereocenters. The van der Waals surface area contributed by atoms with Gasteiger partial charge in [-0.15, -0.1) is 0 Å². The average molecular weight is 388 g/mol. The van der Waals surface area contributed by atoms with Crippen LogP contribution in [0, 0.1) is 26.0 Å². The summed E-state index contributed by atoms with van der Waals surface area (Å²) in [6, 6.07) is 9.20. The van der Waals surface area contributed by atoms with Crippen molar-refractivity contribution in [3.8, 4) is 0 Å². The second kappa shape index (κ2) is 8.09. The molecule has 0 radical (unpaired) electrons. The molecule has 1 aliphatic rings. The smallest absolute Gasteiger partial charge is 0.277 e. The highest BCUT2D eigenvalue weighted by Crippen LogP contribution is 2.24. The molecule has 0 spiro atoms. The molecule has 0 bridgehead atoms. The first kappa shape index (κ1) is 19.4. The Morgan fingerprint density at radius 2 is 1.79 bits per heavy atom. The van der Waals surface area contributed by atoms with Crippen molar-refractivity contribution in [1.82, 2.24) is 10.2 Å². The fraction of sp³-hybridized carbons (Fsp3) is 0.278. The van der Waals surface area contributed by atoms with E-state index >= 15 is 0 Å². The number of carbonyl (C=O) groups excluding carboxylic acids is 1. The molecule has 1 N–H and O–H groups in total. The third kappa shape index (κ3) is 4.29. The maximum absolute atomic E-state index is 13.7. The molecule has 1 unspecified atom stereocenters. The standard InChI is InChI=1S/C18H17FN4O5/c19-17-4-2-1-3-12(17)10-20-14-5-6-21(11-14)18(24)13-7-15(22(25)26)9-16(8-13)23(27)28/h1-4,7-9,14,20H,5-6,10-11H2. The first-order chi connectivity index (χ1) is 13.3. The van der Waals surface area contributed by atoms with Gasteiger partial charge in [-0.05, 0) is 12.5 Å². The lowest BCUT2D eigenvalue weighted by molar-refractivity contribution is -0.394.